The van der Waals surface area contributed by atoms with E-state index in [9.17, 15) is 0 Å². The Morgan fingerprint density at radius 3 is 2.53 bits per heavy atom. The SMILES string of the molecule is Cc1ccc(CN2CC(C)NC(CN(C)C)C2)cc1. The Balaban J connectivity index is 1.93. The van der Waals surface area contributed by atoms with Crippen LogP contribution >= 0.6 is 0 Å². The lowest BCUT2D eigenvalue weighted by molar-refractivity contribution is 0.143. The normalized spacial score (nSPS) is 24.9. The van der Waals surface area contributed by atoms with Crippen molar-refractivity contribution in [3.05, 3.63) is 35.4 Å². The zero-order chi connectivity index (χ0) is 13.8. The Morgan fingerprint density at radius 1 is 1.21 bits per heavy atom. The number of piperazine rings is 1. The Bertz CT molecular complexity index is 383. The van der Waals surface area contributed by atoms with Gasteiger partial charge >= 0.3 is 0 Å². The first-order valence-electron chi connectivity index (χ1n) is 7.21. The Kier molecular flexibility index (Phi) is 4.97. The number of benzene rings is 1. The van der Waals surface area contributed by atoms with Gasteiger partial charge in [-0.2, -0.15) is 0 Å². The summed E-state index contributed by atoms with van der Waals surface area (Å²) >= 11 is 0. The highest BCUT2D eigenvalue weighted by molar-refractivity contribution is 5.21. The quantitative estimate of drug-likeness (QED) is 0.890. The van der Waals surface area contributed by atoms with E-state index >= 15 is 0 Å². The average molecular weight is 261 g/mol. The van der Waals surface area contributed by atoms with E-state index in [-0.39, 0.29) is 0 Å². The highest BCUT2D eigenvalue weighted by atomic mass is 15.2. The number of hydrogen-bond donors (Lipinski definition) is 1. The summed E-state index contributed by atoms with van der Waals surface area (Å²) < 4.78 is 0. The lowest BCUT2D eigenvalue weighted by atomic mass is 10.1. The summed E-state index contributed by atoms with van der Waals surface area (Å²) in [5.74, 6) is 0. The van der Waals surface area contributed by atoms with E-state index in [0.29, 0.717) is 12.1 Å². The van der Waals surface area contributed by atoms with E-state index in [0.717, 1.165) is 26.2 Å². The van der Waals surface area contributed by atoms with Crippen LogP contribution in [0.15, 0.2) is 24.3 Å². The minimum absolute atomic E-state index is 0.573. The second-order valence-corrected chi connectivity index (χ2v) is 6.21. The smallest absolute Gasteiger partial charge is 0.0325 e. The molecule has 2 rings (SSSR count). The van der Waals surface area contributed by atoms with Crippen molar-refractivity contribution in [1.82, 2.24) is 15.1 Å². The fourth-order valence-electron chi connectivity index (χ4n) is 2.91. The molecule has 2 unspecified atom stereocenters. The third-order valence-corrected chi connectivity index (χ3v) is 3.64. The zero-order valence-electron chi connectivity index (χ0n) is 12.7. The van der Waals surface area contributed by atoms with Crippen molar-refractivity contribution in [2.45, 2.75) is 32.5 Å². The Morgan fingerprint density at radius 2 is 1.89 bits per heavy atom. The minimum atomic E-state index is 0.573. The molecular formula is C16H27N3. The molecule has 106 valence electrons. The van der Waals surface area contributed by atoms with Crippen molar-refractivity contribution in [3.8, 4) is 0 Å². The van der Waals surface area contributed by atoms with Crippen LogP contribution in [-0.2, 0) is 6.54 Å². The predicted molar refractivity (Wildman–Crippen MR) is 81.4 cm³/mol. The molecule has 0 saturated carbocycles. The Hall–Kier alpha value is -0.900. The molecule has 3 heteroatoms. The summed E-state index contributed by atoms with van der Waals surface area (Å²) in [4.78, 5) is 4.83. The second kappa shape index (κ2) is 6.51. The lowest BCUT2D eigenvalue weighted by Crippen LogP contribution is -2.57. The molecule has 1 aliphatic heterocycles. The van der Waals surface area contributed by atoms with Crippen molar-refractivity contribution in [2.24, 2.45) is 0 Å². The van der Waals surface area contributed by atoms with Gasteiger partial charge in [0.1, 0.15) is 0 Å². The molecule has 0 amide bonds. The maximum Gasteiger partial charge on any atom is 0.0325 e. The fourth-order valence-corrected chi connectivity index (χ4v) is 2.91. The first-order valence-corrected chi connectivity index (χ1v) is 7.21. The third kappa shape index (κ3) is 4.60. The van der Waals surface area contributed by atoms with Crippen molar-refractivity contribution >= 4 is 0 Å². The van der Waals surface area contributed by atoms with Crippen LogP contribution in [0.1, 0.15) is 18.1 Å². The summed E-state index contributed by atoms with van der Waals surface area (Å²) in [6.07, 6.45) is 0. The van der Waals surface area contributed by atoms with Crippen LogP contribution in [0.4, 0.5) is 0 Å². The van der Waals surface area contributed by atoms with Crippen molar-refractivity contribution < 1.29 is 0 Å². The third-order valence-electron chi connectivity index (χ3n) is 3.64. The molecule has 0 spiro atoms. The number of nitrogens with one attached hydrogen (secondary N) is 1. The highest BCUT2D eigenvalue weighted by Gasteiger charge is 2.24. The van der Waals surface area contributed by atoms with Crippen molar-refractivity contribution in [1.29, 1.82) is 0 Å². The fraction of sp³-hybridized carbons (Fsp3) is 0.625. The molecule has 0 bridgehead atoms. The van der Waals surface area contributed by atoms with E-state index in [1.54, 1.807) is 0 Å². The average Bonchev–Trinajstić information content (AvgIpc) is 2.30. The van der Waals surface area contributed by atoms with Crippen LogP contribution in [0.25, 0.3) is 0 Å². The van der Waals surface area contributed by atoms with Gasteiger partial charge in [0.05, 0.1) is 0 Å². The molecule has 1 aromatic carbocycles. The van der Waals surface area contributed by atoms with Gasteiger partial charge in [-0.25, -0.2) is 0 Å². The summed E-state index contributed by atoms with van der Waals surface area (Å²) in [5.41, 5.74) is 2.76. The van der Waals surface area contributed by atoms with Gasteiger partial charge in [-0.1, -0.05) is 29.8 Å². The predicted octanol–water partition coefficient (Wildman–Crippen LogP) is 1.72. The largest absolute Gasteiger partial charge is 0.308 e. The Labute approximate surface area is 117 Å². The van der Waals surface area contributed by atoms with Crippen LogP contribution in [0.2, 0.25) is 0 Å². The maximum absolute atomic E-state index is 3.69. The van der Waals surface area contributed by atoms with Crippen LogP contribution in [0, 0.1) is 6.92 Å². The van der Waals surface area contributed by atoms with E-state index < -0.39 is 0 Å². The standard InChI is InChI=1S/C16H27N3/c1-13-5-7-15(8-6-13)10-19-9-14(2)17-16(12-19)11-18(3)4/h5-8,14,16-17H,9-12H2,1-4H3. The molecule has 19 heavy (non-hydrogen) atoms. The van der Waals surface area contributed by atoms with Crippen LogP contribution in [0.3, 0.4) is 0 Å². The minimum Gasteiger partial charge on any atom is -0.308 e. The second-order valence-electron chi connectivity index (χ2n) is 6.21. The molecule has 3 nitrogen and oxygen atoms in total. The van der Waals surface area contributed by atoms with E-state index in [4.69, 9.17) is 0 Å². The van der Waals surface area contributed by atoms with Crippen LogP contribution < -0.4 is 5.32 Å². The van der Waals surface area contributed by atoms with Gasteiger partial charge < -0.3 is 10.2 Å². The molecule has 1 aromatic rings. The van der Waals surface area contributed by atoms with Gasteiger partial charge in [0, 0.05) is 38.3 Å². The number of nitrogens with zero attached hydrogens (tertiary/aromatic N) is 2. The number of aryl methyl sites for hydroxylation is 1. The van der Waals surface area contributed by atoms with Gasteiger partial charge in [0.25, 0.3) is 0 Å². The molecule has 0 aromatic heterocycles. The van der Waals surface area contributed by atoms with Crippen molar-refractivity contribution in [2.75, 3.05) is 33.7 Å². The highest BCUT2D eigenvalue weighted by Crippen LogP contribution is 2.11. The molecule has 1 N–H and O–H groups in total. The number of rotatable bonds is 4. The topological polar surface area (TPSA) is 18.5 Å². The zero-order valence-corrected chi connectivity index (χ0v) is 12.7. The molecule has 1 heterocycles. The molecule has 0 radical (unpaired) electrons. The molecule has 1 saturated heterocycles. The number of hydrogen-bond acceptors (Lipinski definition) is 3. The van der Waals surface area contributed by atoms with E-state index in [1.807, 2.05) is 0 Å². The van der Waals surface area contributed by atoms with Gasteiger partial charge in [-0.05, 0) is 33.5 Å². The van der Waals surface area contributed by atoms with E-state index in [2.05, 4.69) is 67.3 Å². The van der Waals surface area contributed by atoms with Crippen molar-refractivity contribution in [3.63, 3.8) is 0 Å². The molecule has 1 fully saturated rings. The maximum atomic E-state index is 3.69. The monoisotopic (exact) mass is 261 g/mol. The van der Waals surface area contributed by atoms with Gasteiger partial charge in [-0.15, -0.1) is 0 Å². The van der Waals surface area contributed by atoms with E-state index in [1.165, 1.54) is 11.1 Å². The first-order chi connectivity index (χ1) is 9.02. The van der Waals surface area contributed by atoms with Gasteiger partial charge in [0.2, 0.25) is 0 Å². The lowest BCUT2D eigenvalue weighted by Gasteiger charge is -2.38. The summed E-state index contributed by atoms with van der Waals surface area (Å²) in [6.45, 7) is 8.87. The summed E-state index contributed by atoms with van der Waals surface area (Å²) in [7, 11) is 4.29. The summed E-state index contributed by atoms with van der Waals surface area (Å²) in [5, 5.41) is 3.69. The molecule has 2 atom stereocenters. The van der Waals surface area contributed by atoms with Gasteiger partial charge in [0.15, 0.2) is 0 Å². The van der Waals surface area contributed by atoms with Crippen LogP contribution in [-0.4, -0.2) is 55.6 Å². The molecule has 1 aliphatic rings. The first kappa shape index (κ1) is 14.5. The number of likely N-dealkylation sites (N-methyl/N-ethyl adjacent to an activating group) is 1. The molecule has 0 aliphatic carbocycles. The van der Waals surface area contributed by atoms with Gasteiger partial charge in [-0.3, -0.25) is 4.90 Å². The van der Waals surface area contributed by atoms with Crippen LogP contribution in [0.5, 0.6) is 0 Å². The molecular weight excluding hydrogens is 234 g/mol. The summed E-state index contributed by atoms with van der Waals surface area (Å²) in [6, 6.07) is 10.1.